The van der Waals surface area contributed by atoms with Gasteiger partial charge in [-0.2, -0.15) is 0 Å². The first-order valence-electron chi connectivity index (χ1n) is 11.4. The Morgan fingerprint density at radius 3 is 2.54 bits per heavy atom. The van der Waals surface area contributed by atoms with Crippen molar-refractivity contribution in [2.75, 3.05) is 24.9 Å². The second-order valence-electron chi connectivity index (χ2n) is 8.26. The van der Waals surface area contributed by atoms with Crippen LogP contribution in [0.5, 0.6) is 5.75 Å². The number of methoxy groups -OCH3 is 2. The zero-order chi connectivity index (χ0) is 25.9. The summed E-state index contributed by atoms with van der Waals surface area (Å²) in [7, 11) is 2.88. The van der Waals surface area contributed by atoms with Gasteiger partial charge in [-0.3, -0.25) is 9.59 Å². The van der Waals surface area contributed by atoms with Gasteiger partial charge in [0.1, 0.15) is 5.75 Å². The number of fused-ring (bicyclic) bond motifs is 1. The molecule has 9 heteroatoms. The number of carbonyl (C=O) groups is 3. The van der Waals surface area contributed by atoms with Crippen LogP contribution in [-0.2, 0) is 20.7 Å². The third-order valence-corrected chi connectivity index (χ3v) is 6.88. The van der Waals surface area contributed by atoms with Gasteiger partial charge in [-0.15, -0.1) is 11.3 Å². The molecule has 0 aliphatic carbocycles. The number of amides is 2. The standard InChI is InChI=1S/C28H23N3O5S/c1-35-23-11-12-29-22(23)15-19-26-21(31-27(19)33)10-9-20(30-24(32)14-18-4-3-13-37-18)25(26)16-5-7-17(8-6-16)28(34)36-2/h3-13,15,29H,14H2,1-2H3,(H,30,32)(H,31,33)/b19-15-. The molecule has 2 aromatic heterocycles. The Morgan fingerprint density at radius 2 is 1.84 bits per heavy atom. The van der Waals surface area contributed by atoms with Crippen LogP contribution in [0.2, 0.25) is 0 Å². The van der Waals surface area contributed by atoms with Crippen molar-refractivity contribution in [2.45, 2.75) is 6.42 Å². The smallest absolute Gasteiger partial charge is 0.337 e. The Labute approximate surface area is 216 Å². The van der Waals surface area contributed by atoms with Crippen LogP contribution in [-0.4, -0.2) is 37.0 Å². The van der Waals surface area contributed by atoms with E-state index in [4.69, 9.17) is 9.47 Å². The van der Waals surface area contributed by atoms with E-state index in [1.165, 1.54) is 18.4 Å². The van der Waals surface area contributed by atoms with Gasteiger partial charge in [0.05, 0.1) is 37.5 Å². The fourth-order valence-corrected chi connectivity index (χ4v) is 4.99. The van der Waals surface area contributed by atoms with Crippen molar-refractivity contribution >= 4 is 52.1 Å². The summed E-state index contributed by atoms with van der Waals surface area (Å²) >= 11 is 1.51. The number of hydrogen-bond donors (Lipinski definition) is 3. The van der Waals surface area contributed by atoms with Gasteiger partial charge in [0, 0.05) is 33.6 Å². The Balaban J connectivity index is 1.64. The third-order valence-electron chi connectivity index (χ3n) is 6.00. The van der Waals surface area contributed by atoms with Crippen LogP contribution in [0.4, 0.5) is 11.4 Å². The molecular weight excluding hydrogens is 490 g/mol. The van der Waals surface area contributed by atoms with Crippen LogP contribution in [0.3, 0.4) is 0 Å². The number of thiophene rings is 1. The SMILES string of the molecule is COC(=O)c1ccc(-c2c(NC(=O)Cc3cccs3)ccc3c2/C(=C/c2[nH]ccc2OC)C(=O)N3)cc1. The van der Waals surface area contributed by atoms with Crippen molar-refractivity contribution in [3.63, 3.8) is 0 Å². The molecule has 2 amide bonds. The minimum atomic E-state index is -0.453. The topological polar surface area (TPSA) is 110 Å². The largest absolute Gasteiger partial charge is 0.495 e. The van der Waals surface area contributed by atoms with Crippen molar-refractivity contribution in [2.24, 2.45) is 0 Å². The number of benzene rings is 2. The predicted molar refractivity (Wildman–Crippen MR) is 144 cm³/mol. The van der Waals surface area contributed by atoms with Gasteiger partial charge in [0.25, 0.3) is 5.91 Å². The molecule has 8 nitrogen and oxygen atoms in total. The quantitative estimate of drug-likeness (QED) is 0.232. The van der Waals surface area contributed by atoms with E-state index in [1.807, 2.05) is 17.5 Å². The summed E-state index contributed by atoms with van der Waals surface area (Å²) in [6, 6.07) is 16.0. The van der Waals surface area contributed by atoms with Crippen LogP contribution >= 0.6 is 11.3 Å². The normalized spacial score (nSPS) is 13.2. The van der Waals surface area contributed by atoms with E-state index in [-0.39, 0.29) is 18.2 Å². The molecule has 0 bridgehead atoms. The number of nitrogens with one attached hydrogen (secondary N) is 3. The molecule has 186 valence electrons. The van der Waals surface area contributed by atoms with E-state index in [1.54, 1.807) is 61.8 Å². The highest BCUT2D eigenvalue weighted by Gasteiger charge is 2.30. The fraction of sp³-hybridized carbons (Fsp3) is 0.107. The number of aromatic amines is 1. The molecule has 0 spiro atoms. The molecule has 4 aromatic rings. The number of H-pyrrole nitrogens is 1. The summed E-state index contributed by atoms with van der Waals surface area (Å²) in [4.78, 5) is 42.1. The van der Waals surface area contributed by atoms with Crippen LogP contribution in [0.1, 0.15) is 26.5 Å². The average Bonchev–Trinajstić information content (AvgIpc) is 3.65. The number of anilines is 2. The van der Waals surface area contributed by atoms with Crippen molar-refractivity contribution in [3.8, 4) is 16.9 Å². The highest BCUT2D eigenvalue weighted by atomic mass is 32.1. The molecule has 0 radical (unpaired) electrons. The molecule has 0 atom stereocenters. The summed E-state index contributed by atoms with van der Waals surface area (Å²) in [5.74, 6) is -0.312. The number of ether oxygens (including phenoxy) is 2. The van der Waals surface area contributed by atoms with Crippen LogP contribution in [0, 0.1) is 0 Å². The Kier molecular flexibility index (Phi) is 6.61. The van der Waals surface area contributed by atoms with E-state index >= 15 is 0 Å². The highest BCUT2D eigenvalue weighted by molar-refractivity contribution is 7.10. The first-order valence-corrected chi connectivity index (χ1v) is 12.3. The van der Waals surface area contributed by atoms with E-state index in [0.29, 0.717) is 45.1 Å². The Bertz CT molecular complexity index is 1520. The number of aromatic nitrogens is 1. The van der Waals surface area contributed by atoms with Gasteiger partial charge >= 0.3 is 5.97 Å². The lowest BCUT2D eigenvalue weighted by atomic mass is 9.92. The molecule has 2 aromatic carbocycles. The maximum atomic E-state index is 13.1. The van der Waals surface area contributed by atoms with E-state index in [0.717, 1.165) is 10.4 Å². The molecule has 1 aliphatic heterocycles. The third kappa shape index (κ3) is 4.76. The van der Waals surface area contributed by atoms with Crippen LogP contribution < -0.4 is 15.4 Å². The van der Waals surface area contributed by atoms with Gasteiger partial charge in [-0.25, -0.2) is 4.79 Å². The second-order valence-corrected chi connectivity index (χ2v) is 9.29. The lowest BCUT2D eigenvalue weighted by molar-refractivity contribution is -0.115. The number of carbonyl (C=O) groups excluding carboxylic acids is 3. The van der Waals surface area contributed by atoms with Gasteiger partial charge in [0.2, 0.25) is 5.91 Å². The lowest BCUT2D eigenvalue weighted by Gasteiger charge is -2.16. The zero-order valence-corrected chi connectivity index (χ0v) is 20.9. The predicted octanol–water partition coefficient (Wildman–Crippen LogP) is 5.21. The summed E-state index contributed by atoms with van der Waals surface area (Å²) in [5, 5.41) is 7.86. The van der Waals surface area contributed by atoms with Crippen LogP contribution in [0.15, 0.2) is 66.2 Å². The molecule has 0 unspecified atom stereocenters. The van der Waals surface area contributed by atoms with E-state index < -0.39 is 5.97 Å². The van der Waals surface area contributed by atoms with Gasteiger partial charge in [0.15, 0.2) is 0 Å². The second kappa shape index (κ2) is 10.2. The molecule has 37 heavy (non-hydrogen) atoms. The van der Waals surface area contributed by atoms with E-state index in [2.05, 4.69) is 15.6 Å². The van der Waals surface area contributed by atoms with Crippen molar-refractivity contribution in [1.82, 2.24) is 4.98 Å². The molecule has 5 rings (SSSR count). The van der Waals surface area contributed by atoms with Crippen molar-refractivity contribution in [1.29, 1.82) is 0 Å². The van der Waals surface area contributed by atoms with Crippen molar-refractivity contribution in [3.05, 3.63) is 87.9 Å². The number of esters is 1. The van der Waals surface area contributed by atoms with E-state index in [9.17, 15) is 14.4 Å². The fourth-order valence-electron chi connectivity index (χ4n) is 4.29. The first kappa shape index (κ1) is 24.1. The minimum Gasteiger partial charge on any atom is -0.495 e. The summed E-state index contributed by atoms with van der Waals surface area (Å²) < 4.78 is 10.2. The molecule has 3 N–H and O–H groups in total. The summed E-state index contributed by atoms with van der Waals surface area (Å²) in [6.07, 6.45) is 3.69. The number of rotatable bonds is 7. The minimum absolute atomic E-state index is 0.177. The maximum absolute atomic E-state index is 13.1. The average molecular weight is 514 g/mol. The monoisotopic (exact) mass is 513 g/mol. The van der Waals surface area contributed by atoms with Gasteiger partial charge in [-0.1, -0.05) is 18.2 Å². The zero-order valence-electron chi connectivity index (χ0n) is 20.1. The van der Waals surface area contributed by atoms with Gasteiger partial charge < -0.3 is 25.1 Å². The van der Waals surface area contributed by atoms with Crippen LogP contribution in [0.25, 0.3) is 22.8 Å². The van der Waals surface area contributed by atoms with Gasteiger partial charge in [-0.05, 0) is 53.4 Å². The maximum Gasteiger partial charge on any atom is 0.337 e. The molecule has 1 aliphatic rings. The first-order chi connectivity index (χ1) is 18.0. The summed E-state index contributed by atoms with van der Waals surface area (Å²) in [5.41, 5.74) is 4.62. The lowest BCUT2D eigenvalue weighted by Crippen LogP contribution is -2.15. The Morgan fingerprint density at radius 1 is 1.03 bits per heavy atom. The van der Waals surface area contributed by atoms with Crippen molar-refractivity contribution < 1.29 is 23.9 Å². The molecule has 0 saturated carbocycles. The Hall–Kier alpha value is -4.63. The summed E-state index contributed by atoms with van der Waals surface area (Å²) in [6.45, 7) is 0. The molecule has 3 heterocycles. The number of hydrogen-bond acceptors (Lipinski definition) is 6. The molecule has 0 fully saturated rings. The molecule has 0 saturated heterocycles. The molecular formula is C28H23N3O5S. The highest BCUT2D eigenvalue weighted by Crippen LogP contribution is 2.45.